The molecule has 0 radical (unpaired) electrons. The predicted molar refractivity (Wildman–Crippen MR) is 86.0 cm³/mol. The largest absolute Gasteiger partial charge is 0.380 e. The first-order chi connectivity index (χ1) is 9.87. The zero-order valence-corrected chi connectivity index (χ0v) is 13.3. The number of nitrogens with one attached hydrogen (secondary N) is 2. The second-order valence-corrected chi connectivity index (χ2v) is 7.55. The highest BCUT2D eigenvalue weighted by Crippen LogP contribution is 2.22. The lowest BCUT2D eigenvalue weighted by Gasteiger charge is -2.11. The molecular formula is C14H15N3O2S2. The zero-order chi connectivity index (χ0) is 15.5. The molecule has 0 spiro atoms. The number of sulfonamides is 1. The van der Waals surface area contributed by atoms with Gasteiger partial charge in [-0.3, -0.25) is 4.72 Å². The number of anilines is 2. The van der Waals surface area contributed by atoms with Crippen LogP contribution in [0.5, 0.6) is 0 Å². The van der Waals surface area contributed by atoms with Crippen LogP contribution < -0.4 is 10.0 Å². The molecule has 7 heteroatoms. The second kappa shape index (κ2) is 6.16. The number of thiophene rings is 1. The van der Waals surface area contributed by atoms with Crippen molar-refractivity contribution in [3.63, 3.8) is 0 Å². The van der Waals surface area contributed by atoms with Gasteiger partial charge in [-0.15, -0.1) is 11.3 Å². The van der Waals surface area contributed by atoms with E-state index >= 15 is 0 Å². The molecule has 2 rings (SSSR count). The molecule has 0 aliphatic rings. The lowest BCUT2D eigenvalue weighted by molar-refractivity contribution is 0.607. The van der Waals surface area contributed by atoms with Crippen LogP contribution in [0.4, 0.5) is 11.4 Å². The first kappa shape index (κ1) is 15.4. The van der Waals surface area contributed by atoms with Crippen LogP contribution in [0, 0.1) is 18.3 Å². The van der Waals surface area contributed by atoms with Crippen molar-refractivity contribution in [1.29, 1.82) is 5.26 Å². The molecule has 110 valence electrons. The first-order valence-corrected chi connectivity index (χ1v) is 8.89. The van der Waals surface area contributed by atoms with Gasteiger partial charge in [0, 0.05) is 17.1 Å². The Morgan fingerprint density at radius 2 is 2.05 bits per heavy atom. The summed E-state index contributed by atoms with van der Waals surface area (Å²) in [6, 6.07) is 11.3. The summed E-state index contributed by atoms with van der Waals surface area (Å²) >= 11 is 1.45. The van der Waals surface area contributed by atoms with Crippen molar-refractivity contribution in [2.24, 2.45) is 0 Å². The molecule has 2 aromatic rings. The number of nitriles is 1. The minimum Gasteiger partial charge on any atom is -0.380 e. The quantitative estimate of drug-likeness (QED) is 0.887. The van der Waals surface area contributed by atoms with Crippen molar-refractivity contribution in [2.75, 3.05) is 16.3 Å². The van der Waals surface area contributed by atoms with Gasteiger partial charge in [0.25, 0.3) is 0 Å². The van der Waals surface area contributed by atoms with Gasteiger partial charge in [-0.05, 0) is 42.8 Å². The van der Waals surface area contributed by atoms with Crippen molar-refractivity contribution < 1.29 is 8.42 Å². The highest BCUT2D eigenvalue weighted by Gasteiger charge is 2.06. The molecule has 0 unspecified atom stereocenters. The molecule has 0 saturated carbocycles. The Morgan fingerprint density at radius 1 is 1.29 bits per heavy atom. The lowest BCUT2D eigenvalue weighted by Crippen LogP contribution is -2.10. The molecule has 1 heterocycles. The van der Waals surface area contributed by atoms with Crippen molar-refractivity contribution in [3.05, 3.63) is 45.6 Å². The molecule has 1 aromatic heterocycles. The first-order valence-electron chi connectivity index (χ1n) is 6.18. The maximum absolute atomic E-state index is 11.2. The Hall–Kier alpha value is -2.04. The molecule has 0 aliphatic carbocycles. The molecule has 0 atom stereocenters. The van der Waals surface area contributed by atoms with Crippen molar-refractivity contribution in [2.45, 2.75) is 13.5 Å². The van der Waals surface area contributed by atoms with E-state index in [1.807, 2.05) is 25.1 Å². The van der Waals surface area contributed by atoms with Crippen LogP contribution in [0.25, 0.3) is 0 Å². The van der Waals surface area contributed by atoms with E-state index in [-0.39, 0.29) is 0 Å². The third kappa shape index (κ3) is 4.48. The summed E-state index contributed by atoms with van der Waals surface area (Å²) in [4.78, 5) is 1.76. The Balaban J connectivity index is 2.05. The number of benzene rings is 1. The minimum absolute atomic E-state index is 0.575. The van der Waals surface area contributed by atoms with E-state index in [4.69, 9.17) is 5.26 Å². The van der Waals surface area contributed by atoms with E-state index in [1.54, 1.807) is 12.1 Å². The number of aryl methyl sites for hydroxylation is 1. The van der Waals surface area contributed by atoms with Crippen LogP contribution in [-0.2, 0) is 16.6 Å². The summed E-state index contributed by atoms with van der Waals surface area (Å²) in [5.41, 5.74) is 2.32. The normalized spacial score (nSPS) is 10.9. The van der Waals surface area contributed by atoms with Gasteiger partial charge in [0.15, 0.2) is 0 Å². The molecule has 5 nitrogen and oxygen atoms in total. The molecule has 0 aliphatic heterocycles. The molecule has 0 amide bonds. The van der Waals surface area contributed by atoms with Crippen LogP contribution in [0.15, 0.2) is 30.3 Å². The fourth-order valence-corrected chi connectivity index (χ4v) is 3.18. The minimum atomic E-state index is -3.27. The highest BCUT2D eigenvalue weighted by molar-refractivity contribution is 7.92. The maximum atomic E-state index is 11.2. The second-order valence-electron chi connectivity index (χ2n) is 4.64. The summed E-state index contributed by atoms with van der Waals surface area (Å²) in [5, 5.41) is 12.0. The van der Waals surface area contributed by atoms with E-state index in [0.717, 1.165) is 22.4 Å². The summed E-state index contributed by atoms with van der Waals surface area (Å²) < 4.78 is 24.9. The standard InChI is InChI=1S/C14H15N3O2S2/c1-10-7-11(3-6-14(10)17-21(2,18)19)16-9-13-5-4-12(8-15)20-13/h3-7,16-17H,9H2,1-2H3. The highest BCUT2D eigenvalue weighted by atomic mass is 32.2. The Bertz CT molecular complexity index is 789. The maximum Gasteiger partial charge on any atom is 0.229 e. The third-order valence-electron chi connectivity index (χ3n) is 2.76. The van der Waals surface area contributed by atoms with Gasteiger partial charge in [-0.25, -0.2) is 8.42 Å². The molecular weight excluding hydrogens is 306 g/mol. The lowest BCUT2D eigenvalue weighted by atomic mass is 10.2. The van der Waals surface area contributed by atoms with Gasteiger partial charge < -0.3 is 5.32 Å². The SMILES string of the molecule is Cc1cc(NCc2ccc(C#N)s2)ccc1NS(C)(=O)=O. The number of rotatable bonds is 5. The summed E-state index contributed by atoms with van der Waals surface area (Å²) in [7, 11) is -3.27. The summed E-state index contributed by atoms with van der Waals surface area (Å²) in [5.74, 6) is 0. The van der Waals surface area contributed by atoms with Gasteiger partial charge in [0.2, 0.25) is 10.0 Å². The molecule has 21 heavy (non-hydrogen) atoms. The van der Waals surface area contributed by atoms with Gasteiger partial charge in [0.05, 0.1) is 11.9 Å². The van der Waals surface area contributed by atoms with Gasteiger partial charge >= 0.3 is 0 Å². The Labute approximate surface area is 128 Å². The van der Waals surface area contributed by atoms with E-state index in [9.17, 15) is 8.42 Å². The fraction of sp³-hybridized carbons (Fsp3) is 0.214. The Kier molecular flexibility index (Phi) is 4.50. The van der Waals surface area contributed by atoms with Crippen LogP contribution in [0.3, 0.4) is 0 Å². The fourth-order valence-electron chi connectivity index (χ4n) is 1.81. The predicted octanol–water partition coefficient (Wildman–Crippen LogP) is 2.91. The number of nitrogens with zero attached hydrogens (tertiary/aromatic N) is 1. The van der Waals surface area contributed by atoms with Gasteiger partial charge in [0.1, 0.15) is 10.9 Å². The molecule has 0 fully saturated rings. The van der Waals surface area contributed by atoms with Crippen LogP contribution in [0.2, 0.25) is 0 Å². The number of hydrogen-bond donors (Lipinski definition) is 2. The molecule has 0 bridgehead atoms. The molecule has 0 saturated heterocycles. The van der Waals surface area contributed by atoms with Gasteiger partial charge in [-0.1, -0.05) is 0 Å². The zero-order valence-electron chi connectivity index (χ0n) is 11.7. The van der Waals surface area contributed by atoms with E-state index < -0.39 is 10.0 Å². The smallest absolute Gasteiger partial charge is 0.229 e. The van der Waals surface area contributed by atoms with Crippen molar-refractivity contribution in [3.8, 4) is 6.07 Å². The monoisotopic (exact) mass is 321 g/mol. The third-order valence-corrected chi connectivity index (χ3v) is 4.34. The topological polar surface area (TPSA) is 82.0 Å². The average Bonchev–Trinajstić information content (AvgIpc) is 2.86. The average molecular weight is 321 g/mol. The number of hydrogen-bond acceptors (Lipinski definition) is 5. The van der Waals surface area contributed by atoms with Crippen LogP contribution in [0.1, 0.15) is 15.3 Å². The van der Waals surface area contributed by atoms with Crippen molar-refractivity contribution >= 4 is 32.7 Å². The van der Waals surface area contributed by atoms with Gasteiger partial charge in [-0.2, -0.15) is 5.26 Å². The summed E-state index contributed by atoms with van der Waals surface area (Å²) in [6.45, 7) is 2.47. The molecule has 2 N–H and O–H groups in total. The van der Waals surface area contributed by atoms with Crippen molar-refractivity contribution in [1.82, 2.24) is 0 Å². The van der Waals surface area contributed by atoms with Crippen LogP contribution >= 0.6 is 11.3 Å². The van der Waals surface area contributed by atoms with Crippen LogP contribution in [-0.4, -0.2) is 14.7 Å². The van der Waals surface area contributed by atoms with E-state index in [0.29, 0.717) is 17.1 Å². The Morgan fingerprint density at radius 3 is 2.62 bits per heavy atom. The van der Waals surface area contributed by atoms with E-state index in [1.165, 1.54) is 11.3 Å². The summed E-state index contributed by atoms with van der Waals surface area (Å²) in [6.07, 6.45) is 1.13. The van der Waals surface area contributed by atoms with E-state index in [2.05, 4.69) is 16.1 Å². The molecule has 1 aromatic carbocycles.